The van der Waals surface area contributed by atoms with Gasteiger partial charge in [0, 0.05) is 32.8 Å². The van der Waals surface area contributed by atoms with E-state index in [4.69, 9.17) is 14.2 Å². The van der Waals surface area contributed by atoms with Gasteiger partial charge in [-0.05, 0) is 77.5 Å². The number of nitrogens with zero attached hydrogens (tertiary/aromatic N) is 1. The highest BCUT2D eigenvalue weighted by atomic mass is 28.3. The topological polar surface area (TPSA) is 60.0 Å². The third kappa shape index (κ3) is 8.85. The van der Waals surface area contributed by atoms with Gasteiger partial charge < -0.3 is 24.4 Å². The Morgan fingerprint density at radius 1 is 1.03 bits per heavy atom. The van der Waals surface area contributed by atoms with Crippen LogP contribution in [-0.2, 0) is 9.47 Å². The van der Waals surface area contributed by atoms with Crippen LogP contribution < -0.4 is 15.0 Å². The van der Waals surface area contributed by atoms with E-state index in [9.17, 15) is 4.79 Å². The molecule has 0 radical (unpaired) electrons. The molecule has 186 valence electrons. The van der Waals surface area contributed by atoms with Gasteiger partial charge in [0.2, 0.25) is 0 Å². The molecule has 2 aliphatic rings. The number of para-hydroxylation sites is 2. The summed E-state index contributed by atoms with van der Waals surface area (Å²) in [5.74, 6) is 0.909. The molecule has 0 unspecified atom stereocenters. The number of hydrogen-bond acceptors (Lipinski definition) is 5. The molecule has 0 aliphatic heterocycles. The van der Waals surface area contributed by atoms with Crippen molar-refractivity contribution in [3.8, 4) is 5.75 Å². The first-order valence-corrected chi connectivity index (χ1v) is 16.3. The number of amides is 1. The van der Waals surface area contributed by atoms with Gasteiger partial charge in [0.15, 0.2) is 6.79 Å². The zero-order valence-electron chi connectivity index (χ0n) is 21.5. The number of ether oxygens (including phenoxy) is 3. The van der Waals surface area contributed by atoms with Crippen molar-refractivity contribution in [1.29, 1.82) is 0 Å². The molecule has 7 heteroatoms. The largest absolute Gasteiger partial charge is 0.465 e. The lowest BCUT2D eigenvalue weighted by Gasteiger charge is -2.39. The quantitative estimate of drug-likeness (QED) is 0.248. The summed E-state index contributed by atoms with van der Waals surface area (Å²) in [4.78, 5) is 14.7. The average Bonchev–Trinajstić information content (AvgIpc) is 3.53. The highest BCUT2D eigenvalue weighted by Crippen LogP contribution is 2.41. The Hall–Kier alpha value is -1.73. The van der Waals surface area contributed by atoms with Crippen molar-refractivity contribution >= 4 is 19.9 Å². The summed E-state index contributed by atoms with van der Waals surface area (Å²) >= 11 is 0. The lowest BCUT2D eigenvalue weighted by atomic mass is 9.89. The smallest absolute Gasteiger partial charge is 0.407 e. The second-order valence-electron chi connectivity index (χ2n) is 11.7. The standard InChI is InChI=1S/C26H44N2O4Si/c1-26(2,3)32-25(29)27-20-11-13-21(14-12-20)28(22-15-16-22)23-9-7-8-10-24(23)31-19-30-17-18-33(4,5)6/h7-10,20-22H,11-19H2,1-6H3,(H,27,29). The molecule has 33 heavy (non-hydrogen) atoms. The Balaban J connectivity index is 1.55. The van der Waals surface area contributed by atoms with Crippen LogP contribution in [0.25, 0.3) is 0 Å². The van der Waals surface area contributed by atoms with E-state index in [0.717, 1.165) is 44.1 Å². The van der Waals surface area contributed by atoms with Gasteiger partial charge in [-0.15, -0.1) is 0 Å². The number of nitrogens with one attached hydrogen (secondary N) is 1. The minimum atomic E-state index is -1.10. The van der Waals surface area contributed by atoms with E-state index in [-0.39, 0.29) is 12.1 Å². The van der Waals surface area contributed by atoms with E-state index in [1.54, 1.807) is 0 Å². The molecule has 0 spiro atoms. The van der Waals surface area contributed by atoms with E-state index >= 15 is 0 Å². The highest BCUT2D eigenvalue weighted by Gasteiger charge is 2.37. The summed E-state index contributed by atoms with van der Waals surface area (Å²) in [6.45, 7) is 13.8. The molecule has 2 saturated carbocycles. The molecule has 0 bridgehead atoms. The highest BCUT2D eigenvalue weighted by molar-refractivity contribution is 6.76. The molecule has 2 aliphatic carbocycles. The first kappa shape index (κ1) is 25.9. The van der Waals surface area contributed by atoms with Crippen LogP contribution in [0.5, 0.6) is 5.75 Å². The Labute approximate surface area is 201 Å². The fraction of sp³-hybridized carbons (Fsp3) is 0.731. The molecule has 2 fully saturated rings. The maximum atomic E-state index is 12.2. The molecule has 1 aromatic carbocycles. The molecule has 6 nitrogen and oxygen atoms in total. The number of carbonyl (C=O) groups excluding carboxylic acids is 1. The minimum Gasteiger partial charge on any atom is -0.465 e. The van der Waals surface area contributed by atoms with Crippen molar-refractivity contribution in [3.05, 3.63) is 24.3 Å². The van der Waals surface area contributed by atoms with E-state index in [1.165, 1.54) is 18.5 Å². The predicted molar refractivity (Wildman–Crippen MR) is 137 cm³/mol. The lowest BCUT2D eigenvalue weighted by Crippen LogP contribution is -2.46. The van der Waals surface area contributed by atoms with Crippen LogP contribution >= 0.6 is 0 Å². The Kier molecular flexibility index (Phi) is 8.73. The lowest BCUT2D eigenvalue weighted by molar-refractivity contribution is 0.0222. The molecular formula is C26H44N2O4Si. The molecule has 0 aromatic heterocycles. The van der Waals surface area contributed by atoms with Gasteiger partial charge in [0.1, 0.15) is 11.4 Å². The molecule has 3 rings (SSSR count). The Bertz CT molecular complexity index is 762. The monoisotopic (exact) mass is 476 g/mol. The van der Waals surface area contributed by atoms with Gasteiger partial charge in [-0.2, -0.15) is 0 Å². The van der Waals surface area contributed by atoms with Crippen molar-refractivity contribution in [3.63, 3.8) is 0 Å². The van der Waals surface area contributed by atoms with Crippen LogP contribution in [0.2, 0.25) is 25.7 Å². The zero-order chi connectivity index (χ0) is 24.1. The summed E-state index contributed by atoms with van der Waals surface area (Å²) in [6, 6.07) is 10.8. The van der Waals surface area contributed by atoms with Crippen molar-refractivity contribution in [1.82, 2.24) is 5.32 Å². The third-order valence-corrected chi connectivity index (χ3v) is 7.89. The van der Waals surface area contributed by atoms with Crippen LogP contribution in [0.1, 0.15) is 59.3 Å². The third-order valence-electron chi connectivity index (χ3n) is 6.19. The molecule has 1 amide bonds. The number of benzene rings is 1. The van der Waals surface area contributed by atoms with Crippen molar-refractivity contribution in [2.45, 2.75) is 109 Å². The van der Waals surface area contributed by atoms with Crippen LogP contribution in [0, 0.1) is 0 Å². The van der Waals surface area contributed by atoms with Crippen molar-refractivity contribution in [2.75, 3.05) is 18.3 Å². The molecule has 0 saturated heterocycles. The number of hydrogen-bond donors (Lipinski definition) is 1. The molecule has 0 atom stereocenters. The SMILES string of the molecule is CC(C)(C)OC(=O)NC1CCC(N(c2ccccc2OCOCC[Si](C)(C)C)C2CC2)CC1. The predicted octanol–water partition coefficient (Wildman–Crippen LogP) is 6.18. The van der Waals surface area contributed by atoms with Crippen molar-refractivity contribution in [2.24, 2.45) is 0 Å². The second-order valence-corrected chi connectivity index (χ2v) is 17.4. The van der Waals surface area contributed by atoms with E-state index in [1.807, 2.05) is 26.8 Å². The maximum Gasteiger partial charge on any atom is 0.407 e. The Morgan fingerprint density at radius 2 is 1.64 bits per heavy atom. The normalized spacial score (nSPS) is 21.4. The summed E-state index contributed by atoms with van der Waals surface area (Å²) in [5, 5.41) is 3.06. The summed E-state index contributed by atoms with van der Waals surface area (Å²) in [5.41, 5.74) is 0.712. The van der Waals surface area contributed by atoms with Crippen LogP contribution in [-0.4, -0.2) is 51.3 Å². The van der Waals surface area contributed by atoms with Gasteiger partial charge in [0.25, 0.3) is 0 Å². The summed E-state index contributed by atoms with van der Waals surface area (Å²) in [6.07, 6.45) is 6.20. The molecule has 1 N–H and O–H groups in total. The maximum absolute atomic E-state index is 12.2. The van der Waals surface area contributed by atoms with Gasteiger partial charge in [-0.25, -0.2) is 4.79 Å². The van der Waals surface area contributed by atoms with Crippen molar-refractivity contribution < 1.29 is 19.0 Å². The van der Waals surface area contributed by atoms with E-state index in [2.05, 4.69) is 48.1 Å². The molecular weight excluding hydrogens is 432 g/mol. The summed E-state index contributed by atoms with van der Waals surface area (Å²) < 4.78 is 17.3. The second kappa shape index (κ2) is 11.1. The fourth-order valence-electron chi connectivity index (χ4n) is 4.35. The number of rotatable bonds is 10. The summed E-state index contributed by atoms with van der Waals surface area (Å²) in [7, 11) is -1.10. The van der Waals surface area contributed by atoms with E-state index < -0.39 is 13.7 Å². The Morgan fingerprint density at radius 3 is 2.21 bits per heavy atom. The average molecular weight is 477 g/mol. The van der Waals surface area contributed by atoms with Gasteiger partial charge >= 0.3 is 6.09 Å². The number of alkyl carbamates (subject to hydrolysis) is 1. The number of anilines is 1. The first-order valence-electron chi connectivity index (χ1n) is 12.6. The van der Waals surface area contributed by atoms with Gasteiger partial charge in [0.05, 0.1) is 5.69 Å². The van der Waals surface area contributed by atoms with Gasteiger partial charge in [-0.1, -0.05) is 31.8 Å². The number of carbonyl (C=O) groups is 1. The van der Waals surface area contributed by atoms with Crippen LogP contribution in [0.3, 0.4) is 0 Å². The molecule has 0 heterocycles. The fourth-order valence-corrected chi connectivity index (χ4v) is 5.11. The first-order chi connectivity index (χ1) is 15.5. The van der Waals surface area contributed by atoms with E-state index in [0.29, 0.717) is 18.9 Å². The zero-order valence-corrected chi connectivity index (χ0v) is 22.5. The minimum absolute atomic E-state index is 0.184. The van der Waals surface area contributed by atoms with Gasteiger partial charge in [-0.3, -0.25) is 0 Å². The van der Waals surface area contributed by atoms with Crippen LogP contribution in [0.15, 0.2) is 24.3 Å². The van der Waals surface area contributed by atoms with Crippen LogP contribution in [0.4, 0.5) is 10.5 Å². The molecule has 1 aromatic rings.